The van der Waals surface area contributed by atoms with Gasteiger partial charge in [0, 0.05) is 4.47 Å². The molecule has 0 aromatic heterocycles. The lowest BCUT2D eigenvalue weighted by atomic mass is 9.74. The maximum atomic E-state index is 12.5. The lowest BCUT2D eigenvalue weighted by Gasteiger charge is -2.33. The second-order valence-corrected chi connectivity index (χ2v) is 6.14. The van der Waals surface area contributed by atoms with Crippen molar-refractivity contribution in [2.24, 2.45) is 5.41 Å². The number of hydrogen-bond donors (Lipinski definition) is 1. The van der Waals surface area contributed by atoms with Crippen molar-refractivity contribution in [2.45, 2.75) is 32.1 Å². The van der Waals surface area contributed by atoms with Crippen LogP contribution in [0.2, 0.25) is 0 Å². The molecule has 18 heavy (non-hydrogen) atoms. The van der Waals surface area contributed by atoms with Gasteiger partial charge >= 0.3 is 0 Å². The minimum absolute atomic E-state index is 0.124. The summed E-state index contributed by atoms with van der Waals surface area (Å²) < 4.78 is 6.81. The van der Waals surface area contributed by atoms with E-state index in [9.17, 15) is 4.79 Å². The topological polar surface area (TPSA) is 38.3 Å². The van der Waals surface area contributed by atoms with Crippen LogP contribution < -0.4 is 10.1 Å². The molecule has 1 aliphatic carbocycles. The van der Waals surface area contributed by atoms with E-state index in [1.807, 2.05) is 18.2 Å². The van der Waals surface area contributed by atoms with E-state index < -0.39 is 0 Å². The average Bonchev–Trinajstić information content (AvgIpc) is 2.50. The zero-order valence-electron chi connectivity index (χ0n) is 10.2. The molecule has 0 saturated heterocycles. The maximum absolute atomic E-state index is 12.5. The van der Waals surface area contributed by atoms with E-state index >= 15 is 0 Å². The van der Waals surface area contributed by atoms with Gasteiger partial charge in [0.15, 0.2) is 0 Å². The molecule has 3 rings (SSSR count). The van der Waals surface area contributed by atoms with Crippen LogP contribution in [-0.2, 0) is 4.79 Å². The molecule has 1 aromatic rings. The summed E-state index contributed by atoms with van der Waals surface area (Å²) in [5.74, 6) is 0.896. The molecule has 1 spiro atoms. The Labute approximate surface area is 115 Å². The van der Waals surface area contributed by atoms with Crippen LogP contribution in [0.1, 0.15) is 32.1 Å². The first-order valence-electron chi connectivity index (χ1n) is 6.43. The molecule has 1 fully saturated rings. The van der Waals surface area contributed by atoms with Crippen molar-refractivity contribution >= 4 is 27.5 Å². The zero-order valence-corrected chi connectivity index (χ0v) is 11.8. The Morgan fingerprint density at radius 3 is 2.78 bits per heavy atom. The first-order valence-corrected chi connectivity index (χ1v) is 7.23. The Balaban J connectivity index is 1.92. The van der Waals surface area contributed by atoms with Gasteiger partial charge in [0.2, 0.25) is 5.91 Å². The van der Waals surface area contributed by atoms with E-state index in [1.165, 1.54) is 6.42 Å². The van der Waals surface area contributed by atoms with Gasteiger partial charge in [0.05, 0.1) is 11.1 Å². The first-order chi connectivity index (χ1) is 8.70. The van der Waals surface area contributed by atoms with Gasteiger partial charge in [0.25, 0.3) is 0 Å². The molecule has 0 unspecified atom stereocenters. The van der Waals surface area contributed by atoms with E-state index in [4.69, 9.17) is 4.74 Å². The van der Waals surface area contributed by atoms with Crippen molar-refractivity contribution in [2.75, 3.05) is 11.9 Å². The van der Waals surface area contributed by atoms with E-state index in [1.54, 1.807) is 0 Å². The van der Waals surface area contributed by atoms with Crippen LogP contribution in [0, 0.1) is 5.41 Å². The highest BCUT2D eigenvalue weighted by atomic mass is 79.9. The van der Waals surface area contributed by atoms with Gasteiger partial charge in [-0.1, -0.05) is 35.2 Å². The van der Waals surface area contributed by atoms with Crippen LogP contribution in [0.25, 0.3) is 0 Å². The van der Waals surface area contributed by atoms with Gasteiger partial charge in [-0.05, 0) is 31.0 Å². The number of nitrogens with one attached hydrogen (secondary N) is 1. The molecule has 0 radical (unpaired) electrons. The maximum Gasteiger partial charge on any atom is 0.234 e. The predicted octanol–water partition coefficient (Wildman–Crippen LogP) is 3.73. The monoisotopic (exact) mass is 309 g/mol. The first kappa shape index (κ1) is 12.0. The molecule has 0 bridgehead atoms. The summed E-state index contributed by atoms with van der Waals surface area (Å²) in [6, 6.07) is 5.74. The van der Waals surface area contributed by atoms with Crippen LogP contribution in [0.3, 0.4) is 0 Å². The number of ether oxygens (including phenoxy) is 1. The SMILES string of the molecule is O=C1Nc2cc(Br)ccc2OCC12CCCCC2. The lowest BCUT2D eigenvalue weighted by Crippen LogP contribution is -2.41. The third-order valence-electron chi connectivity index (χ3n) is 3.99. The van der Waals surface area contributed by atoms with Gasteiger partial charge < -0.3 is 10.1 Å². The summed E-state index contributed by atoms with van der Waals surface area (Å²) in [6.45, 7) is 0.507. The number of carbonyl (C=O) groups excluding carboxylic acids is 1. The minimum Gasteiger partial charge on any atom is -0.490 e. The number of halogens is 1. The number of hydrogen-bond acceptors (Lipinski definition) is 2. The third kappa shape index (κ3) is 2.03. The number of anilines is 1. The largest absolute Gasteiger partial charge is 0.490 e. The average molecular weight is 310 g/mol. The lowest BCUT2D eigenvalue weighted by molar-refractivity contribution is -0.128. The Morgan fingerprint density at radius 1 is 1.22 bits per heavy atom. The number of fused-ring (bicyclic) bond motifs is 1. The van der Waals surface area contributed by atoms with Crippen molar-refractivity contribution < 1.29 is 9.53 Å². The second-order valence-electron chi connectivity index (χ2n) is 5.22. The van der Waals surface area contributed by atoms with Gasteiger partial charge in [-0.25, -0.2) is 0 Å². The molecule has 1 heterocycles. The highest BCUT2D eigenvalue weighted by Crippen LogP contribution is 2.42. The van der Waals surface area contributed by atoms with Crippen LogP contribution >= 0.6 is 15.9 Å². The molecule has 1 N–H and O–H groups in total. The van der Waals surface area contributed by atoms with E-state index in [2.05, 4.69) is 21.2 Å². The normalized spacial score (nSPS) is 21.7. The molecule has 1 aromatic carbocycles. The van der Waals surface area contributed by atoms with Crippen LogP contribution in [-0.4, -0.2) is 12.5 Å². The van der Waals surface area contributed by atoms with Crippen molar-refractivity contribution in [3.05, 3.63) is 22.7 Å². The summed E-state index contributed by atoms with van der Waals surface area (Å²) in [4.78, 5) is 12.5. The summed E-state index contributed by atoms with van der Waals surface area (Å²) in [6.07, 6.45) is 5.35. The molecule has 1 saturated carbocycles. The molecule has 0 atom stereocenters. The van der Waals surface area contributed by atoms with Crippen LogP contribution in [0.4, 0.5) is 5.69 Å². The number of amides is 1. The van der Waals surface area contributed by atoms with Gasteiger partial charge in [-0.2, -0.15) is 0 Å². The molecule has 4 heteroatoms. The summed E-state index contributed by atoms with van der Waals surface area (Å²) in [5, 5.41) is 3.03. The third-order valence-corrected chi connectivity index (χ3v) is 4.48. The number of rotatable bonds is 0. The standard InChI is InChI=1S/C14H16BrNO2/c15-10-4-5-12-11(8-10)16-13(17)14(9-18-12)6-2-1-3-7-14/h4-5,8H,1-3,6-7,9H2,(H,16,17). The second kappa shape index (κ2) is 4.57. The summed E-state index contributed by atoms with van der Waals surface area (Å²) >= 11 is 3.42. The quantitative estimate of drug-likeness (QED) is 0.793. The highest BCUT2D eigenvalue weighted by molar-refractivity contribution is 9.10. The Morgan fingerprint density at radius 2 is 2.00 bits per heavy atom. The number of benzene rings is 1. The van der Waals surface area contributed by atoms with Gasteiger partial charge in [-0.15, -0.1) is 0 Å². The van der Waals surface area contributed by atoms with E-state index in [0.717, 1.165) is 41.6 Å². The Bertz CT molecular complexity index is 481. The molecule has 3 nitrogen and oxygen atoms in total. The minimum atomic E-state index is -0.316. The summed E-state index contributed by atoms with van der Waals surface area (Å²) in [7, 11) is 0. The number of carbonyl (C=O) groups is 1. The van der Waals surface area contributed by atoms with Crippen LogP contribution in [0.5, 0.6) is 5.75 Å². The molecule has 96 valence electrons. The molecule has 1 aliphatic heterocycles. The van der Waals surface area contributed by atoms with Crippen molar-refractivity contribution in [1.29, 1.82) is 0 Å². The molecular formula is C14H16BrNO2. The van der Waals surface area contributed by atoms with Gasteiger partial charge in [-0.3, -0.25) is 4.79 Å². The van der Waals surface area contributed by atoms with Crippen molar-refractivity contribution in [1.82, 2.24) is 0 Å². The molecule has 1 amide bonds. The predicted molar refractivity (Wildman–Crippen MR) is 73.8 cm³/mol. The highest BCUT2D eigenvalue weighted by Gasteiger charge is 2.42. The smallest absolute Gasteiger partial charge is 0.234 e. The zero-order chi connectivity index (χ0) is 12.6. The Hall–Kier alpha value is -1.03. The fraction of sp³-hybridized carbons (Fsp3) is 0.500. The van der Waals surface area contributed by atoms with Crippen molar-refractivity contribution in [3.63, 3.8) is 0 Å². The van der Waals surface area contributed by atoms with E-state index in [0.29, 0.717) is 6.61 Å². The van der Waals surface area contributed by atoms with Crippen LogP contribution in [0.15, 0.2) is 22.7 Å². The summed E-state index contributed by atoms with van der Waals surface area (Å²) in [5.41, 5.74) is 0.459. The Kier molecular flexibility index (Phi) is 3.06. The fourth-order valence-corrected chi connectivity index (χ4v) is 3.22. The van der Waals surface area contributed by atoms with Gasteiger partial charge in [0.1, 0.15) is 12.4 Å². The fourth-order valence-electron chi connectivity index (χ4n) is 2.86. The van der Waals surface area contributed by atoms with E-state index in [-0.39, 0.29) is 11.3 Å². The van der Waals surface area contributed by atoms with Crippen molar-refractivity contribution in [3.8, 4) is 5.75 Å². The molecular weight excluding hydrogens is 294 g/mol. The molecule has 2 aliphatic rings.